The number of amides is 1. The number of nitrogens with one attached hydrogen (secondary N) is 1. The van der Waals surface area contributed by atoms with Gasteiger partial charge in [-0.3, -0.25) is 4.79 Å². The van der Waals surface area contributed by atoms with Gasteiger partial charge in [-0.05, 0) is 30.3 Å². The fourth-order valence-electron chi connectivity index (χ4n) is 2.54. The molecule has 10 heteroatoms. The van der Waals surface area contributed by atoms with Crippen LogP contribution in [0.25, 0.3) is 0 Å². The van der Waals surface area contributed by atoms with E-state index in [0.29, 0.717) is 31.1 Å². The Morgan fingerprint density at radius 3 is 2.67 bits per heavy atom. The normalized spacial score (nSPS) is 13.6. The van der Waals surface area contributed by atoms with Gasteiger partial charge in [0.1, 0.15) is 10.6 Å². The topological polar surface area (TPSA) is 117 Å². The summed E-state index contributed by atoms with van der Waals surface area (Å²) in [4.78, 5) is 12.3. The summed E-state index contributed by atoms with van der Waals surface area (Å²) in [5, 5.41) is 8.04. The zero-order chi connectivity index (χ0) is 19.6. The van der Waals surface area contributed by atoms with Gasteiger partial charge in [0.2, 0.25) is 10.0 Å². The van der Waals surface area contributed by atoms with E-state index in [2.05, 4.69) is 5.32 Å². The van der Waals surface area contributed by atoms with Gasteiger partial charge in [0, 0.05) is 17.7 Å². The van der Waals surface area contributed by atoms with Gasteiger partial charge in [-0.1, -0.05) is 11.6 Å². The standard InChI is InChI=1S/C17H17ClN2O6S/c1-24-13-4-3-11(9-15(13)27(19,22)23)20-17(21)10-7-12(18)16-14(8-10)25-5-2-6-26-16/h3-4,7-9H,2,5-6H2,1H3,(H,20,21)(H2,19,22,23). The lowest BCUT2D eigenvalue weighted by atomic mass is 10.1. The number of halogens is 1. The van der Waals surface area contributed by atoms with Crippen molar-refractivity contribution in [1.29, 1.82) is 0 Å². The number of benzene rings is 2. The maximum absolute atomic E-state index is 12.6. The highest BCUT2D eigenvalue weighted by Crippen LogP contribution is 2.38. The highest BCUT2D eigenvalue weighted by molar-refractivity contribution is 7.89. The zero-order valence-electron chi connectivity index (χ0n) is 14.3. The number of anilines is 1. The van der Waals surface area contributed by atoms with Crippen molar-refractivity contribution in [2.24, 2.45) is 5.14 Å². The Kier molecular flexibility index (Phi) is 5.45. The second kappa shape index (κ2) is 7.63. The van der Waals surface area contributed by atoms with E-state index in [1.54, 1.807) is 0 Å². The molecule has 27 heavy (non-hydrogen) atoms. The summed E-state index contributed by atoms with van der Waals surface area (Å²) in [6, 6.07) is 7.09. The Morgan fingerprint density at radius 2 is 1.96 bits per heavy atom. The van der Waals surface area contributed by atoms with Gasteiger partial charge in [0.25, 0.3) is 5.91 Å². The van der Waals surface area contributed by atoms with E-state index in [1.807, 2.05) is 0 Å². The number of methoxy groups -OCH3 is 1. The van der Waals surface area contributed by atoms with Crippen LogP contribution in [-0.2, 0) is 10.0 Å². The quantitative estimate of drug-likeness (QED) is 0.796. The molecule has 1 aliphatic heterocycles. The number of nitrogens with two attached hydrogens (primary N) is 1. The van der Waals surface area contributed by atoms with Gasteiger partial charge in [-0.15, -0.1) is 0 Å². The van der Waals surface area contributed by atoms with Crippen molar-refractivity contribution in [3.05, 3.63) is 40.9 Å². The van der Waals surface area contributed by atoms with Crippen LogP contribution in [0, 0.1) is 0 Å². The Labute approximate surface area is 161 Å². The third-order valence-corrected chi connectivity index (χ3v) is 5.01. The molecule has 0 bridgehead atoms. The van der Waals surface area contributed by atoms with Gasteiger partial charge in [-0.25, -0.2) is 13.6 Å². The first-order valence-corrected chi connectivity index (χ1v) is 9.83. The highest BCUT2D eigenvalue weighted by Gasteiger charge is 2.20. The molecular formula is C17H17ClN2O6S. The van der Waals surface area contributed by atoms with Crippen molar-refractivity contribution < 1.29 is 27.4 Å². The van der Waals surface area contributed by atoms with Crippen molar-refractivity contribution >= 4 is 33.2 Å². The number of hydrogen-bond acceptors (Lipinski definition) is 6. The smallest absolute Gasteiger partial charge is 0.255 e. The molecular weight excluding hydrogens is 396 g/mol. The molecule has 3 N–H and O–H groups in total. The SMILES string of the molecule is COc1ccc(NC(=O)c2cc(Cl)c3c(c2)OCCCO3)cc1S(N)(=O)=O. The number of carbonyl (C=O) groups is 1. The fraction of sp³-hybridized carbons (Fsp3) is 0.235. The first-order chi connectivity index (χ1) is 12.8. The average Bonchev–Trinajstić information content (AvgIpc) is 2.86. The van der Waals surface area contributed by atoms with Crippen molar-refractivity contribution in [2.45, 2.75) is 11.3 Å². The number of primary sulfonamides is 1. The summed E-state index contributed by atoms with van der Waals surface area (Å²) in [6.45, 7) is 0.922. The molecule has 0 aliphatic carbocycles. The Balaban J connectivity index is 1.90. The molecule has 144 valence electrons. The minimum absolute atomic E-state index is 0.0779. The van der Waals surface area contributed by atoms with Crippen molar-refractivity contribution in [1.82, 2.24) is 0 Å². The maximum Gasteiger partial charge on any atom is 0.255 e. The van der Waals surface area contributed by atoms with Crippen LogP contribution in [-0.4, -0.2) is 34.6 Å². The number of rotatable bonds is 4. The van der Waals surface area contributed by atoms with E-state index >= 15 is 0 Å². The van der Waals surface area contributed by atoms with E-state index in [1.165, 1.54) is 37.4 Å². The second-order valence-electron chi connectivity index (χ2n) is 5.70. The summed E-state index contributed by atoms with van der Waals surface area (Å²) in [7, 11) is -2.70. The Bertz CT molecular complexity index is 993. The molecule has 1 aliphatic rings. The van der Waals surface area contributed by atoms with Crippen LogP contribution in [0.3, 0.4) is 0 Å². The van der Waals surface area contributed by atoms with Gasteiger partial charge in [0.05, 0.1) is 25.3 Å². The van der Waals surface area contributed by atoms with E-state index in [0.717, 1.165) is 0 Å². The minimum Gasteiger partial charge on any atom is -0.495 e. The molecule has 0 atom stereocenters. The second-order valence-corrected chi connectivity index (χ2v) is 7.64. The van der Waals surface area contributed by atoms with Gasteiger partial charge in [0.15, 0.2) is 11.5 Å². The van der Waals surface area contributed by atoms with Crippen LogP contribution in [0.5, 0.6) is 17.2 Å². The minimum atomic E-state index is -4.03. The van der Waals surface area contributed by atoms with Crippen LogP contribution in [0.15, 0.2) is 35.2 Å². The molecule has 0 saturated carbocycles. The number of sulfonamides is 1. The highest BCUT2D eigenvalue weighted by atomic mass is 35.5. The molecule has 0 aromatic heterocycles. The van der Waals surface area contributed by atoms with Crippen LogP contribution in [0.4, 0.5) is 5.69 Å². The average molecular weight is 413 g/mol. The first-order valence-electron chi connectivity index (χ1n) is 7.91. The lowest BCUT2D eigenvalue weighted by Gasteiger charge is -2.13. The molecule has 0 saturated heterocycles. The molecule has 0 fully saturated rings. The van der Waals surface area contributed by atoms with Gasteiger partial charge >= 0.3 is 0 Å². The molecule has 2 aromatic carbocycles. The summed E-state index contributed by atoms with van der Waals surface area (Å²) < 4.78 is 39.5. The predicted molar refractivity (Wildman–Crippen MR) is 99.4 cm³/mol. The third-order valence-electron chi connectivity index (χ3n) is 3.79. The van der Waals surface area contributed by atoms with Gasteiger partial charge in [-0.2, -0.15) is 0 Å². The maximum atomic E-state index is 12.6. The molecule has 1 amide bonds. The van der Waals surface area contributed by atoms with Crippen LogP contribution in [0.1, 0.15) is 16.8 Å². The van der Waals surface area contributed by atoms with Crippen LogP contribution in [0.2, 0.25) is 5.02 Å². The zero-order valence-corrected chi connectivity index (χ0v) is 15.9. The molecule has 0 spiro atoms. The summed E-state index contributed by atoms with van der Waals surface area (Å²) >= 11 is 6.19. The van der Waals surface area contributed by atoms with E-state index in [-0.39, 0.29) is 26.9 Å². The lowest BCUT2D eigenvalue weighted by molar-refractivity contribution is 0.102. The summed E-state index contributed by atoms with van der Waals surface area (Å²) in [5.74, 6) is 0.351. The van der Waals surface area contributed by atoms with Crippen molar-refractivity contribution in [3.63, 3.8) is 0 Å². The molecule has 0 radical (unpaired) electrons. The van der Waals surface area contributed by atoms with E-state index < -0.39 is 15.9 Å². The first kappa shape index (κ1) is 19.3. The Morgan fingerprint density at radius 1 is 1.22 bits per heavy atom. The molecule has 8 nitrogen and oxygen atoms in total. The van der Waals surface area contributed by atoms with E-state index in [9.17, 15) is 13.2 Å². The monoisotopic (exact) mass is 412 g/mol. The molecule has 2 aromatic rings. The summed E-state index contributed by atoms with van der Waals surface area (Å²) in [5.41, 5.74) is 0.463. The predicted octanol–water partition coefficient (Wildman–Crippen LogP) is 2.41. The number of hydrogen-bond donors (Lipinski definition) is 2. The van der Waals surface area contributed by atoms with Gasteiger partial charge < -0.3 is 19.5 Å². The number of carbonyl (C=O) groups excluding carboxylic acids is 1. The number of ether oxygens (including phenoxy) is 3. The summed E-state index contributed by atoms with van der Waals surface area (Å²) in [6.07, 6.45) is 0.703. The largest absolute Gasteiger partial charge is 0.495 e. The Hall–Kier alpha value is -2.49. The number of fused-ring (bicyclic) bond motifs is 1. The van der Waals surface area contributed by atoms with Crippen molar-refractivity contribution in [2.75, 3.05) is 25.6 Å². The third kappa shape index (κ3) is 4.26. The van der Waals surface area contributed by atoms with Crippen LogP contribution >= 0.6 is 11.6 Å². The molecule has 1 heterocycles. The van der Waals surface area contributed by atoms with Crippen LogP contribution < -0.4 is 24.7 Å². The van der Waals surface area contributed by atoms with Crippen molar-refractivity contribution in [3.8, 4) is 17.2 Å². The molecule has 0 unspecified atom stereocenters. The van der Waals surface area contributed by atoms with E-state index in [4.69, 9.17) is 31.0 Å². The lowest BCUT2D eigenvalue weighted by Crippen LogP contribution is -2.16. The molecule has 3 rings (SSSR count). The fourth-order valence-corrected chi connectivity index (χ4v) is 3.53.